The van der Waals surface area contributed by atoms with E-state index in [2.05, 4.69) is 10.3 Å². The highest BCUT2D eigenvalue weighted by Gasteiger charge is 1.96. The molecule has 3 nitrogen and oxygen atoms in total. The number of pyridine rings is 1. The molecule has 1 rings (SSSR count). The molecule has 1 amide bonds. The normalized spacial score (nSPS) is 9.08. The van der Waals surface area contributed by atoms with Crippen LogP contribution < -0.4 is 5.32 Å². The summed E-state index contributed by atoms with van der Waals surface area (Å²) in [5.74, 6) is -0.105. The fourth-order valence-electron chi connectivity index (χ4n) is 0.876. The molecule has 0 saturated carbocycles. The van der Waals surface area contributed by atoms with Gasteiger partial charge in [-0.25, -0.2) is 0 Å². The highest BCUT2D eigenvalue weighted by molar-refractivity contribution is 5.99. The van der Waals surface area contributed by atoms with Crippen LogP contribution in [0.2, 0.25) is 0 Å². The molecule has 1 N–H and O–H groups in total. The van der Waals surface area contributed by atoms with Crippen molar-refractivity contribution in [2.75, 3.05) is 5.32 Å². The Morgan fingerprint density at radius 3 is 2.54 bits per heavy atom. The van der Waals surface area contributed by atoms with Gasteiger partial charge in [0.05, 0.1) is 0 Å². The summed E-state index contributed by atoms with van der Waals surface area (Å²) in [6.07, 6.45) is 4.83. The first-order chi connectivity index (χ1) is 6.18. The Bertz CT molecular complexity index is 313. The van der Waals surface area contributed by atoms with Gasteiger partial charge in [0.15, 0.2) is 0 Å². The molecule has 3 heteroatoms. The Morgan fingerprint density at radius 2 is 2.00 bits per heavy atom. The number of hydrogen-bond donors (Lipinski definition) is 1. The minimum Gasteiger partial charge on any atom is -0.322 e. The molecular formula is C10H12N2O. The predicted octanol–water partition coefficient (Wildman–Crippen LogP) is 1.99. The highest BCUT2D eigenvalue weighted by Crippen LogP contribution is 2.03. The molecule has 0 aliphatic heterocycles. The fourth-order valence-corrected chi connectivity index (χ4v) is 0.876. The zero-order chi connectivity index (χ0) is 9.68. The molecule has 1 heterocycles. The van der Waals surface area contributed by atoms with Gasteiger partial charge >= 0.3 is 0 Å². The van der Waals surface area contributed by atoms with Gasteiger partial charge in [0, 0.05) is 24.2 Å². The number of anilines is 1. The Balaban J connectivity index is 2.61. The maximum Gasteiger partial charge on any atom is 0.248 e. The smallest absolute Gasteiger partial charge is 0.248 e. The van der Waals surface area contributed by atoms with Gasteiger partial charge in [-0.1, -0.05) is 5.57 Å². The second-order valence-corrected chi connectivity index (χ2v) is 2.95. The van der Waals surface area contributed by atoms with Crippen molar-refractivity contribution in [2.45, 2.75) is 13.8 Å². The lowest BCUT2D eigenvalue weighted by Crippen LogP contribution is -2.08. The van der Waals surface area contributed by atoms with Crippen molar-refractivity contribution in [3.8, 4) is 0 Å². The molecule has 0 unspecified atom stereocenters. The van der Waals surface area contributed by atoms with Crippen molar-refractivity contribution >= 4 is 11.6 Å². The summed E-state index contributed by atoms with van der Waals surface area (Å²) in [6.45, 7) is 3.76. The number of allylic oxidation sites excluding steroid dienone is 1. The number of hydrogen-bond acceptors (Lipinski definition) is 2. The third kappa shape index (κ3) is 3.51. The maximum atomic E-state index is 11.2. The molecule has 1 aromatic rings. The number of nitrogens with zero attached hydrogens (tertiary/aromatic N) is 1. The van der Waals surface area contributed by atoms with E-state index in [1.807, 2.05) is 13.8 Å². The number of carbonyl (C=O) groups excluding carboxylic acids is 1. The molecule has 13 heavy (non-hydrogen) atoms. The number of amides is 1. The summed E-state index contributed by atoms with van der Waals surface area (Å²) in [5, 5.41) is 2.72. The van der Waals surface area contributed by atoms with Crippen LogP contribution in [0.5, 0.6) is 0 Å². The topological polar surface area (TPSA) is 42.0 Å². The summed E-state index contributed by atoms with van der Waals surface area (Å²) in [4.78, 5) is 15.1. The van der Waals surface area contributed by atoms with Crippen LogP contribution in [0.4, 0.5) is 5.69 Å². The average molecular weight is 176 g/mol. The molecule has 0 bridgehead atoms. The van der Waals surface area contributed by atoms with Crippen LogP contribution in [0.3, 0.4) is 0 Å². The lowest BCUT2D eigenvalue weighted by molar-refractivity contribution is -0.111. The Kier molecular flexibility index (Phi) is 3.20. The summed E-state index contributed by atoms with van der Waals surface area (Å²) in [6, 6.07) is 3.49. The quantitative estimate of drug-likeness (QED) is 0.700. The van der Waals surface area contributed by atoms with Crippen LogP contribution in [0.15, 0.2) is 36.2 Å². The first kappa shape index (κ1) is 9.45. The van der Waals surface area contributed by atoms with Crippen molar-refractivity contribution in [1.29, 1.82) is 0 Å². The largest absolute Gasteiger partial charge is 0.322 e. The van der Waals surface area contributed by atoms with E-state index in [9.17, 15) is 4.79 Å². The van der Waals surface area contributed by atoms with Crippen molar-refractivity contribution in [3.63, 3.8) is 0 Å². The Morgan fingerprint density at radius 1 is 1.38 bits per heavy atom. The first-order valence-corrected chi connectivity index (χ1v) is 4.04. The number of carbonyl (C=O) groups is 1. The molecule has 0 aromatic carbocycles. The van der Waals surface area contributed by atoms with Crippen LogP contribution in [-0.2, 0) is 4.79 Å². The van der Waals surface area contributed by atoms with Crippen LogP contribution in [0.1, 0.15) is 13.8 Å². The summed E-state index contributed by atoms with van der Waals surface area (Å²) in [5.41, 5.74) is 1.74. The van der Waals surface area contributed by atoms with Crippen molar-refractivity contribution in [1.82, 2.24) is 4.98 Å². The highest BCUT2D eigenvalue weighted by atomic mass is 16.1. The molecule has 1 aromatic heterocycles. The van der Waals surface area contributed by atoms with E-state index in [0.717, 1.165) is 11.3 Å². The summed E-state index contributed by atoms with van der Waals surface area (Å²) < 4.78 is 0. The maximum absolute atomic E-state index is 11.2. The SMILES string of the molecule is CC(C)=CC(=O)Nc1ccncc1. The molecule has 68 valence electrons. The van der Waals surface area contributed by atoms with Crippen LogP contribution >= 0.6 is 0 Å². The van der Waals surface area contributed by atoms with Crippen molar-refractivity contribution < 1.29 is 4.79 Å². The molecule has 0 fully saturated rings. The fraction of sp³-hybridized carbons (Fsp3) is 0.200. The molecule has 0 aliphatic rings. The second kappa shape index (κ2) is 4.40. The molecular weight excluding hydrogens is 164 g/mol. The van der Waals surface area contributed by atoms with Crippen LogP contribution in [0, 0.1) is 0 Å². The van der Waals surface area contributed by atoms with Gasteiger partial charge in [-0.2, -0.15) is 0 Å². The molecule has 0 spiro atoms. The number of nitrogens with one attached hydrogen (secondary N) is 1. The zero-order valence-corrected chi connectivity index (χ0v) is 7.74. The van der Waals surface area contributed by atoms with Gasteiger partial charge in [-0.05, 0) is 26.0 Å². The zero-order valence-electron chi connectivity index (χ0n) is 7.74. The Hall–Kier alpha value is -1.64. The summed E-state index contributed by atoms with van der Waals surface area (Å²) >= 11 is 0. The van der Waals surface area contributed by atoms with Gasteiger partial charge in [0.25, 0.3) is 0 Å². The van der Waals surface area contributed by atoms with E-state index >= 15 is 0 Å². The third-order valence-electron chi connectivity index (χ3n) is 1.37. The number of rotatable bonds is 2. The Labute approximate surface area is 77.5 Å². The first-order valence-electron chi connectivity index (χ1n) is 4.04. The second-order valence-electron chi connectivity index (χ2n) is 2.95. The minimum atomic E-state index is -0.105. The molecule has 0 radical (unpaired) electrons. The molecule has 0 atom stereocenters. The third-order valence-corrected chi connectivity index (χ3v) is 1.37. The monoisotopic (exact) mass is 176 g/mol. The van der Waals surface area contributed by atoms with Gasteiger partial charge in [-0.3, -0.25) is 9.78 Å². The van der Waals surface area contributed by atoms with Crippen LogP contribution in [0.25, 0.3) is 0 Å². The summed E-state index contributed by atoms with van der Waals surface area (Å²) in [7, 11) is 0. The predicted molar refractivity (Wildman–Crippen MR) is 52.3 cm³/mol. The van der Waals surface area contributed by atoms with Gasteiger partial charge in [0.1, 0.15) is 0 Å². The van der Waals surface area contributed by atoms with E-state index in [1.165, 1.54) is 0 Å². The molecule has 0 saturated heterocycles. The lowest BCUT2D eigenvalue weighted by Gasteiger charge is -2.00. The minimum absolute atomic E-state index is 0.105. The molecule has 0 aliphatic carbocycles. The van der Waals surface area contributed by atoms with E-state index < -0.39 is 0 Å². The van der Waals surface area contributed by atoms with E-state index in [1.54, 1.807) is 30.6 Å². The van der Waals surface area contributed by atoms with Crippen LogP contribution in [-0.4, -0.2) is 10.9 Å². The van der Waals surface area contributed by atoms with Crippen molar-refractivity contribution in [2.24, 2.45) is 0 Å². The van der Waals surface area contributed by atoms with E-state index in [-0.39, 0.29) is 5.91 Å². The van der Waals surface area contributed by atoms with E-state index in [4.69, 9.17) is 0 Å². The van der Waals surface area contributed by atoms with Gasteiger partial charge in [-0.15, -0.1) is 0 Å². The average Bonchev–Trinajstić information content (AvgIpc) is 2.04. The number of aromatic nitrogens is 1. The standard InChI is InChI=1S/C10H12N2O/c1-8(2)7-10(13)12-9-3-5-11-6-4-9/h3-7H,1-2H3,(H,11,12,13). The van der Waals surface area contributed by atoms with E-state index in [0.29, 0.717) is 0 Å². The van der Waals surface area contributed by atoms with Crippen molar-refractivity contribution in [3.05, 3.63) is 36.2 Å². The lowest BCUT2D eigenvalue weighted by atomic mass is 10.3. The van der Waals surface area contributed by atoms with Gasteiger partial charge in [0.2, 0.25) is 5.91 Å². The van der Waals surface area contributed by atoms with Gasteiger partial charge < -0.3 is 5.32 Å².